The van der Waals surface area contributed by atoms with E-state index in [0.29, 0.717) is 18.6 Å². The van der Waals surface area contributed by atoms with E-state index in [1.807, 2.05) is 6.92 Å². The predicted molar refractivity (Wildman–Crippen MR) is 65.7 cm³/mol. The number of hydrogen-bond acceptors (Lipinski definition) is 3. The van der Waals surface area contributed by atoms with Crippen molar-refractivity contribution in [1.82, 2.24) is 0 Å². The van der Waals surface area contributed by atoms with Gasteiger partial charge in [0.2, 0.25) is 0 Å². The fraction of sp³-hybridized carbons (Fsp3) is 0.538. The van der Waals surface area contributed by atoms with Gasteiger partial charge in [-0.1, -0.05) is 19.1 Å². The molecule has 19 heavy (non-hydrogen) atoms. The summed E-state index contributed by atoms with van der Waals surface area (Å²) in [5.41, 5.74) is 6.58. The first kappa shape index (κ1) is 15.8. The van der Waals surface area contributed by atoms with Crippen molar-refractivity contribution in [2.75, 3.05) is 13.7 Å². The van der Waals surface area contributed by atoms with Gasteiger partial charge in [0.15, 0.2) is 0 Å². The lowest BCUT2D eigenvalue weighted by molar-refractivity contribution is -0.274. The summed E-state index contributed by atoms with van der Waals surface area (Å²) in [5.74, 6) is -0.0213. The molecular weight excluding hydrogens is 259 g/mol. The summed E-state index contributed by atoms with van der Waals surface area (Å²) in [6.07, 6.45) is -4.06. The second kappa shape index (κ2) is 6.77. The normalized spacial score (nSPS) is 15.1. The molecule has 0 radical (unpaired) electrons. The molecule has 0 amide bonds. The SMILES string of the molecule is COCC(C)CC(N)c1cccc(OC(F)(F)F)c1. The van der Waals surface area contributed by atoms with Crippen LogP contribution in [0.4, 0.5) is 13.2 Å². The molecule has 108 valence electrons. The number of rotatable bonds is 6. The molecule has 0 aliphatic rings. The number of alkyl halides is 3. The molecule has 0 heterocycles. The Balaban J connectivity index is 2.70. The van der Waals surface area contributed by atoms with Gasteiger partial charge in [-0.3, -0.25) is 0 Å². The van der Waals surface area contributed by atoms with E-state index in [0.717, 1.165) is 0 Å². The number of methoxy groups -OCH3 is 1. The Morgan fingerprint density at radius 1 is 1.32 bits per heavy atom. The minimum Gasteiger partial charge on any atom is -0.406 e. The Morgan fingerprint density at radius 3 is 2.58 bits per heavy atom. The molecule has 2 atom stereocenters. The molecule has 2 N–H and O–H groups in total. The van der Waals surface area contributed by atoms with Crippen molar-refractivity contribution < 1.29 is 22.6 Å². The monoisotopic (exact) mass is 277 g/mol. The number of halogens is 3. The fourth-order valence-corrected chi connectivity index (χ4v) is 1.86. The summed E-state index contributed by atoms with van der Waals surface area (Å²) in [6, 6.07) is 5.41. The Hall–Kier alpha value is -1.27. The Labute approximate surface area is 110 Å². The molecule has 0 aliphatic carbocycles. The molecule has 0 aromatic heterocycles. The zero-order valence-electron chi connectivity index (χ0n) is 10.9. The summed E-state index contributed by atoms with van der Waals surface area (Å²) in [4.78, 5) is 0. The standard InChI is InChI=1S/C13H18F3NO2/c1-9(8-18-2)6-12(17)10-4-3-5-11(7-10)19-13(14,15)16/h3-5,7,9,12H,6,8,17H2,1-2H3. The van der Waals surface area contributed by atoms with E-state index in [-0.39, 0.29) is 17.7 Å². The van der Waals surface area contributed by atoms with Crippen LogP contribution in [0.15, 0.2) is 24.3 Å². The largest absolute Gasteiger partial charge is 0.573 e. The predicted octanol–water partition coefficient (Wildman–Crippen LogP) is 3.26. The van der Waals surface area contributed by atoms with Crippen LogP contribution in [0, 0.1) is 5.92 Å². The van der Waals surface area contributed by atoms with Gasteiger partial charge < -0.3 is 15.2 Å². The number of nitrogens with two attached hydrogens (primary N) is 1. The van der Waals surface area contributed by atoms with Gasteiger partial charge in [0.05, 0.1) is 0 Å². The van der Waals surface area contributed by atoms with E-state index in [9.17, 15) is 13.2 Å². The average Bonchev–Trinajstić information content (AvgIpc) is 2.27. The van der Waals surface area contributed by atoms with Gasteiger partial charge in [-0.15, -0.1) is 13.2 Å². The Morgan fingerprint density at radius 2 is 2.00 bits per heavy atom. The van der Waals surface area contributed by atoms with E-state index in [4.69, 9.17) is 10.5 Å². The maximum absolute atomic E-state index is 12.1. The molecule has 6 heteroatoms. The van der Waals surface area contributed by atoms with Crippen LogP contribution >= 0.6 is 0 Å². The van der Waals surface area contributed by atoms with Crippen LogP contribution in [0.2, 0.25) is 0 Å². The lowest BCUT2D eigenvalue weighted by atomic mass is 9.97. The third-order valence-corrected chi connectivity index (χ3v) is 2.63. The number of hydrogen-bond donors (Lipinski definition) is 1. The molecule has 3 nitrogen and oxygen atoms in total. The third kappa shape index (κ3) is 5.94. The van der Waals surface area contributed by atoms with Crippen LogP contribution in [-0.2, 0) is 4.74 Å². The maximum Gasteiger partial charge on any atom is 0.573 e. The minimum atomic E-state index is -4.69. The second-order valence-electron chi connectivity index (χ2n) is 4.52. The van der Waals surface area contributed by atoms with Crippen LogP contribution in [-0.4, -0.2) is 20.1 Å². The van der Waals surface area contributed by atoms with Crippen LogP contribution in [0.25, 0.3) is 0 Å². The Bertz CT molecular complexity index is 396. The molecule has 2 unspecified atom stereocenters. The van der Waals surface area contributed by atoms with Gasteiger partial charge in [-0.2, -0.15) is 0 Å². The minimum absolute atomic E-state index is 0.229. The highest BCUT2D eigenvalue weighted by atomic mass is 19.4. The number of benzene rings is 1. The third-order valence-electron chi connectivity index (χ3n) is 2.63. The van der Waals surface area contributed by atoms with E-state index >= 15 is 0 Å². The molecule has 1 aromatic rings. The van der Waals surface area contributed by atoms with Gasteiger partial charge in [-0.25, -0.2) is 0 Å². The summed E-state index contributed by atoms with van der Waals surface area (Å²) in [6.45, 7) is 2.53. The molecule has 0 saturated carbocycles. The number of ether oxygens (including phenoxy) is 2. The van der Waals surface area contributed by atoms with Crippen molar-refractivity contribution >= 4 is 0 Å². The van der Waals surface area contributed by atoms with Crippen molar-refractivity contribution in [1.29, 1.82) is 0 Å². The zero-order valence-corrected chi connectivity index (χ0v) is 10.9. The smallest absolute Gasteiger partial charge is 0.406 e. The lowest BCUT2D eigenvalue weighted by Gasteiger charge is -2.18. The molecule has 0 spiro atoms. The van der Waals surface area contributed by atoms with Gasteiger partial charge >= 0.3 is 6.36 Å². The Kier molecular flexibility index (Phi) is 5.62. The zero-order chi connectivity index (χ0) is 14.5. The van der Waals surface area contributed by atoms with Crippen LogP contribution in [0.5, 0.6) is 5.75 Å². The molecule has 0 fully saturated rings. The van der Waals surface area contributed by atoms with E-state index in [2.05, 4.69) is 4.74 Å². The first-order valence-electron chi connectivity index (χ1n) is 5.92. The molecule has 0 saturated heterocycles. The molecule has 0 aliphatic heterocycles. The summed E-state index contributed by atoms with van der Waals surface area (Å²) >= 11 is 0. The van der Waals surface area contributed by atoms with Gasteiger partial charge in [0, 0.05) is 19.8 Å². The van der Waals surface area contributed by atoms with Gasteiger partial charge in [0.25, 0.3) is 0 Å². The highest BCUT2D eigenvalue weighted by Gasteiger charge is 2.31. The van der Waals surface area contributed by atoms with Gasteiger partial charge in [-0.05, 0) is 30.0 Å². The van der Waals surface area contributed by atoms with Crippen molar-refractivity contribution in [3.05, 3.63) is 29.8 Å². The van der Waals surface area contributed by atoms with E-state index in [1.54, 1.807) is 13.2 Å². The lowest BCUT2D eigenvalue weighted by Crippen LogP contribution is -2.19. The summed E-state index contributed by atoms with van der Waals surface area (Å²) in [7, 11) is 1.60. The van der Waals surface area contributed by atoms with Crippen molar-refractivity contribution in [3.63, 3.8) is 0 Å². The van der Waals surface area contributed by atoms with E-state index < -0.39 is 6.36 Å². The molecule has 1 rings (SSSR count). The molecular formula is C13H18F3NO2. The highest BCUT2D eigenvalue weighted by Crippen LogP contribution is 2.27. The summed E-state index contributed by atoms with van der Waals surface area (Å²) in [5, 5.41) is 0. The topological polar surface area (TPSA) is 44.5 Å². The second-order valence-corrected chi connectivity index (χ2v) is 4.52. The van der Waals surface area contributed by atoms with Crippen LogP contribution < -0.4 is 10.5 Å². The van der Waals surface area contributed by atoms with Crippen molar-refractivity contribution in [3.8, 4) is 5.75 Å². The van der Waals surface area contributed by atoms with Crippen LogP contribution in [0.1, 0.15) is 24.9 Å². The summed E-state index contributed by atoms with van der Waals surface area (Å²) < 4.78 is 45.2. The quantitative estimate of drug-likeness (QED) is 0.868. The highest BCUT2D eigenvalue weighted by molar-refractivity contribution is 5.30. The fourth-order valence-electron chi connectivity index (χ4n) is 1.86. The van der Waals surface area contributed by atoms with Crippen molar-refractivity contribution in [2.24, 2.45) is 11.7 Å². The first-order valence-corrected chi connectivity index (χ1v) is 5.92. The molecule has 0 bridgehead atoms. The first-order chi connectivity index (χ1) is 8.81. The van der Waals surface area contributed by atoms with Gasteiger partial charge in [0.1, 0.15) is 5.75 Å². The molecule has 1 aromatic carbocycles. The van der Waals surface area contributed by atoms with Crippen molar-refractivity contribution in [2.45, 2.75) is 25.7 Å². The van der Waals surface area contributed by atoms with E-state index in [1.165, 1.54) is 18.2 Å². The average molecular weight is 277 g/mol. The maximum atomic E-state index is 12.1. The van der Waals surface area contributed by atoms with Crippen LogP contribution in [0.3, 0.4) is 0 Å².